The highest BCUT2D eigenvalue weighted by Gasteiger charge is 2.08. The highest BCUT2D eigenvalue weighted by molar-refractivity contribution is 7.08. The lowest BCUT2D eigenvalue weighted by Crippen LogP contribution is -1.95. The SMILES string of the molecule is CCn1cnnc1-c1cscc1C. The van der Waals surface area contributed by atoms with Crippen molar-refractivity contribution in [3.63, 3.8) is 0 Å². The van der Waals surface area contributed by atoms with Crippen LogP contribution < -0.4 is 0 Å². The molecule has 0 spiro atoms. The third-order valence-electron chi connectivity index (χ3n) is 2.05. The van der Waals surface area contributed by atoms with Crippen LogP contribution in [-0.2, 0) is 6.54 Å². The van der Waals surface area contributed by atoms with Crippen molar-refractivity contribution in [2.45, 2.75) is 20.4 Å². The van der Waals surface area contributed by atoms with Gasteiger partial charge in [0.15, 0.2) is 5.82 Å². The van der Waals surface area contributed by atoms with Crippen LogP contribution in [0, 0.1) is 6.92 Å². The minimum Gasteiger partial charge on any atom is -0.314 e. The second-order valence-electron chi connectivity index (χ2n) is 2.91. The van der Waals surface area contributed by atoms with E-state index < -0.39 is 0 Å². The Labute approximate surface area is 81.1 Å². The zero-order chi connectivity index (χ0) is 9.26. The van der Waals surface area contributed by atoms with Gasteiger partial charge in [-0.3, -0.25) is 0 Å². The first kappa shape index (κ1) is 8.44. The summed E-state index contributed by atoms with van der Waals surface area (Å²) in [6.45, 7) is 5.10. The van der Waals surface area contributed by atoms with Gasteiger partial charge >= 0.3 is 0 Å². The predicted molar refractivity (Wildman–Crippen MR) is 53.7 cm³/mol. The van der Waals surface area contributed by atoms with Crippen molar-refractivity contribution in [3.05, 3.63) is 22.7 Å². The highest BCUT2D eigenvalue weighted by atomic mass is 32.1. The van der Waals surface area contributed by atoms with Crippen molar-refractivity contribution in [3.8, 4) is 11.4 Å². The summed E-state index contributed by atoms with van der Waals surface area (Å²) in [5.41, 5.74) is 2.47. The molecule has 0 aliphatic heterocycles. The molecule has 2 aromatic heterocycles. The Bertz CT molecular complexity index is 402. The van der Waals surface area contributed by atoms with Crippen LogP contribution in [0.3, 0.4) is 0 Å². The fourth-order valence-electron chi connectivity index (χ4n) is 1.28. The Morgan fingerprint density at radius 2 is 2.31 bits per heavy atom. The molecule has 0 unspecified atom stereocenters. The summed E-state index contributed by atoms with van der Waals surface area (Å²) in [7, 11) is 0. The summed E-state index contributed by atoms with van der Waals surface area (Å²) in [4.78, 5) is 0. The van der Waals surface area contributed by atoms with Crippen molar-refractivity contribution in [2.24, 2.45) is 0 Å². The Hall–Kier alpha value is -1.16. The first-order chi connectivity index (χ1) is 6.33. The molecule has 0 saturated heterocycles. The van der Waals surface area contributed by atoms with Gasteiger partial charge in [0.25, 0.3) is 0 Å². The van der Waals surface area contributed by atoms with Crippen LogP contribution in [0.4, 0.5) is 0 Å². The first-order valence-electron chi connectivity index (χ1n) is 4.24. The molecule has 4 heteroatoms. The standard InChI is InChI=1S/C9H11N3S/c1-3-12-6-10-11-9(12)8-5-13-4-7(8)2/h4-6H,3H2,1-2H3. The van der Waals surface area contributed by atoms with Gasteiger partial charge in [0.2, 0.25) is 0 Å². The molecule has 0 saturated carbocycles. The summed E-state index contributed by atoms with van der Waals surface area (Å²) in [6, 6.07) is 0. The molecule has 0 aromatic carbocycles. The Morgan fingerprint density at radius 1 is 1.46 bits per heavy atom. The summed E-state index contributed by atoms with van der Waals surface area (Å²) in [5, 5.41) is 12.3. The molecule has 2 rings (SSSR count). The molecule has 0 N–H and O–H groups in total. The zero-order valence-electron chi connectivity index (χ0n) is 7.69. The van der Waals surface area contributed by atoms with Crippen LogP contribution in [0.2, 0.25) is 0 Å². The van der Waals surface area contributed by atoms with E-state index in [0.29, 0.717) is 0 Å². The van der Waals surface area contributed by atoms with Crippen LogP contribution in [0.1, 0.15) is 12.5 Å². The summed E-state index contributed by atoms with van der Waals surface area (Å²) >= 11 is 1.70. The maximum absolute atomic E-state index is 4.11. The van der Waals surface area contributed by atoms with E-state index in [0.717, 1.165) is 12.4 Å². The number of hydrogen-bond acceptors (Lipinski definition) is 3. The third-order valence-corrected chi connectivity index (χ3v) is 2.91. The zero-order valence-corrected chi connectivity index (χ0v) is 8.51. The van der Waals surface area contributed by atoms with Gasteiger partial charge in [-0.05, 0) is 24.8 Å². The smallest absolute Gasteiger partial charge is 0.164 e. The quantitative estimate of drug-likeness (QED) is 0.733. The lowest BCUT2D eigenvalue weighted by molar-refractivity contribution is 0.767. The number of thiophene rings is 1. The van der Waals surface area contributed by atoms with Crippen molar-refractivity contribution in [1.82, 2.24) is 14.8 Å². The average Bonchev–Trinajstić information content (AvgIpc) is 2.71. The van der Waals surface area contributed by atoms with Crippen LogP contribution >= 0.6 is 11.3 Å². The summed E-state index contributed by atoms with van der Waals surface area (Å²) < 4.78 is 2.05. The Balaban J connectivity index is 2.52. The molecule has 2 aromatic rings. The number of rotatable bonds is 2. The second kappa shape index (κ2) is 3.30. The van der Waals surface area contributed by atoms with E-state index in [1.807, 2.05) is 0 Å². The lowest BCUT2D eigenvalue weighted by atomic mass is 10.2. The molecular formula is C9H11N3S. The molecule has 0 radical (unpaired) electrons. The van der Waals surface area contributed by atoms with E-state index in [2.05, 4.69) is 39.4 Å². The van der Waals surface area contributed by atoms with E-state index in [-0.39, 0.29) is 0 Å². The van der Waals surface area contributed by atoms with Crippen molar-refractivity contribution < 1.29 is 0 Å². The van der Waals surface area contributed by atoms with Crippen LogP contribution in [0.15, 0.2) is 17.1 Å². The number of nitrogens with zero attached hydrogens (tertiary/aromatic N) is 3. The molecule has 0 aliphatic rings. The molecule has 0 fully saturated rings. The minimum atomic E-state index is 0.914. The third kappa shape index (κ3) is 1.37. The summed E-state index contributed by atoms with van der Waals surface area (Å²) in [5.74, 6) is 0.973. The van der Waals surface area contributed by atoms with E-state index in [4.69, 9.17) is 0 Å². The molecule has 0 bridgehead atoms. The van der Waals surface area contributed by atoms with Gasteiger partial charge in [0.05, 0.1) is 0 Å². The highest BCUT2D eigenvalue weighted by Crippen LogP contribution is 2.24. The maximum Gasteiger partial charge on any atom is 0.164 e. The predicted octanol–water partition coefficient (Wildman–Crippen LogP) is 2.33. The molecule has 68 valence electrons. The van der Waals surface area contributed by atoms with Crippen LogP contribution in [-0.4, -0.2) is 14.8 Å². The van der Waals surface area contributed by atoms with Gasteiger partial charge in [-0.25, -0.2) is 0 Å². The van der Waals surface area contributed by atoms with E-state index in [9.17, 15) is 0 Å². The lowest BCUT2D eigenvalue weighted by Gasteiger charge is -2.01. The number of aryl methyl sites for hydroxylation is 2. The number of hydrogen-bond donors (Lipinski definition) is 0. The Kier molecular flexibility index (Phi) is 2.14. The van der Waals surface area contributed by atoms with E-state index in [1.165, 1.54) is 11.1 Å². The molecular weight excluding hydrogens is 182 g/mol. The van der Waals surface area contributed by atoms with Gasteiger partial charge in [0.1, 0.15) is 6.33 Å². The van der Waals surface area contributed by atoms with Crippen molar-refractivity contribution in [2.75, 3.05) is 0 Å². The summed E-state index contributed by atoms with van der Waals surface area (Å²) in [6.07, 6.45) is 1.77. The van der Waals surface area contributed by atoms with Gasteiger partial charge in [-0.2, -0.15) is 11.3 Å². The molecule has 13 heavy (non-hydrogen) atoms. The van der Waals surface area contributed by atoms with Crippen LogP contribution in [0.5, 0.6) is 0 Å². The fraction of sp³-hybridized carbons (Fsp3) is 0.333. The van der Waals surface area contributed by atoms with Crippen molar-refractivity contribution in [1.29, 1.82) is 0 Å². The Morgan fingerprint density at radius 3 is 2.92 bits per heavy atom. The molecule has 3 nitrogen and oxygen atoms in total. The minimum absolute atomic E-state index is 0.914. The normalized spacial score (nSPS) is 10.6. The monoisotopic (exact) mass is 193 g/mol. The molecule has 0 aliphatic carbocycles. The number of aromatic nitrogens is 3. The van der Waals surface area contributed by atoms with Crippen LogP contribution in [0.25, 0.3) is 11.4 Å². The average molecular weight is 193 g/mol. The first-order valence-corrected chi connectivity index (χ1v) is 5.18. The molecule has 0 amide bonds. The van der Waals surface area contributed by atoms with Gasteiger partial charge < -0.3 is 4.57 Å². The molecule has 0 atom stereocenters. The largest absolute Gasteiger partial charge is 0.314 e. The second-order valence-corrected chi connectivity index (χ2v) is 3.65. The van der Waals surface area contributed by atoms with E-state index in [1.54, 1.807) is 17.7 Å². The maximum atomic E-state index is 4.11. The fourth-order valence-corrected chi connectivity index (χ4v) is 2.11. The van der Waals surface area contributed by atoms with Crippen molar-refractivity contribution >= 4 is 11.3 Å². The van der Waals surface area contributed by atoms with Gasteiger partial charge in [-0.15, -0.1) is 10.2 Å². The van der Waals surface area contributed by atoms with E-state index >= 15 is 0 Å². The van der Waals surface area contributed by atoms with Gasteiger partial charge in [-0.1, -0.05) is 0 Å². The van der Waals surface area contributed by atoms with Gasteiger partial charge in [0, 0.05) is 17.5 Å². The topological polar surface area (TPSA) is 30.7 Å². The molecule has 2 heterocycles.